The maximum atomic E-state index is 12.7. The third-order valence-electron chi connectivity index (χ3n) is 13.8. The molecule has 72 heavy (non-hydrogen) atoms. The van der Waals surface area contributed by atoms with E-state index in [1.165, 1.54) is 225 Å². The average Bonchev–Trinajstić information content (AvgIpc) is 3.37. The molecular weight excluding hydrogens is 918 g/mol. The lowest BCUT2D eigenvalue weighted by atomic mass is 10.0. The molecule has 0 aromatic carbocycles. The van der Waals surface area contributed by atoms with Gasteiger partial charge in [0.15, 0.2) is 6.10 Å². The number of phosphoric acid groups is 1. The Hall–Kier alpha value is -1.77. The number of ether oxygens (including phenoxy) is 2. The fraction of sp³-hybridized carbons (Fsp3) is 0.871. The predicted molar refractivity (Wildman–Crippen MR) is 307 cm³/mol. The molecular formula is C62H118NO8P. The second-order valence-corrected chi connectivity index (χ2v) is 22.4. The van der Waals surface area contributed by atoms with Crippen LogP contribution in [-0.4, -0.2) is 49.3 Å². The largest absolute Gasteiger partial charge is 0.472 e. The minimum atomic E-state index is -4.39. The SMILES string of the molecule is CCCCCCC/C=C\C/C=C\C/C=C\CCCCCCCCCCC(=O)OC(COC(=O)CCCCCCCCCCCCCCCCCCCCCCCCCCCCCC)COP(=O)(O)OCCN. The van der Waals surface area contributed by atoms with Crippen LogP contribution in [0.3, 0.4) is 0 Å². The van der Waals surface area contributed by atoms with Crippen molar-refractivity contribution in [3.8, 4) is 0 Å². The maximum Gasteiger partial charge on any atom is 0.472 e. The zero-order valence-corrected chi connectivity index (χ0v) is 48.3. The summed E-state index contributed by atoms with van der Waals surface area (Å²) in [6, 6.07) is 0. The molecule has 0 bridgehead atoms. The average molecular weight is 1040 g/mol. The molecule has 0 aromatic rings. The standard InChI is InChI=1S/C62H118NO8P/c1-3-5-7-9-11-13-15-17-19-21-23-25-27-28-29-30-31-33-34-36-38-40-42-44-46-48-50-52-54-61(64)68-58-60(59-70-72(66,67)69-57-56-63)71-62(65)55-53-51-49-47-45-43-41-39-37-35-32-26-24-22-20-18-16-14-12-10-8-6-4-2/h16,18,22,24,32,35,60H,3-15,17,19-21,23,25-31,33-34,36-59,63H2,1-2H3,(H,66,67)/b18-16-,24-22-,35-32-. The van der Waals surface area contributed by atoms with Gasteiger partial charge in [0.2, 0.25) is 0 Å². The summed E-state index contributed by atoms with van der Waals surface area (Å²) >= 11 is 0. The zero-order chi connectivity index (χ0) is 52.4. The third kappa shape index (κ3) is 57.5. The van der Waals surface area contributed by atoms with E-state index < -0.39 is 26.5 Å². The number of hydrogen-bond acceptors (Lipinski definition) is 8. The Kier molecular flexibility index (Phi) is 57.1. The van der Waals surface area contributed by atoms with Crippen molar-refractivity contribution in [2.24, 2.45) is 5.73 Å². The van der Waals surface area contributed by atoms with Crippen LogP contribution in [0.2, 0.25) is 0 Å². The summed E-state index contributed by atoms with van der Waals surface area (Å²) < 4.78 is 33.1. The molecule has 424 valence electrons. The molecule has 0 aliphatic rings. The van der Waals surface area contributed by atoms with Crippen molar-refractivity contribution in [1.29, 1.82) is 0 Å². The molecule has 9 nitrogen and oxygen atoms in total. The molecule has 0 rings (SSSR count). The maximum absolute atomic E-state index is 12.7. The van der Waals surface area contributed by atoms with E-state index in [4.69, 9.17) is 24.3 Å². The lowest BCUT2D eigenvalue weighted by molar-refractivity contribution is -0.161. The Labute approximate surface area is 445 Å². The fourth-order valence-corrected chi connectivity index (χ4v) is 9.94. The van der Waals surface area contributed by atoms with Gasteiger partial charge in [-0.2, -0.15) is 0 Å². The Balaban J connectivity index is 3.91. The lowest BCUT2D eigenvalue weighted by Crippen LogP contribution is -2.29. The highest BCUT2D eigenvalue weighted by Gasteiger charge is 2.26. The molecule has 2 atom stereocenters. The van der Waals surface area contributed by atoms with Gasteiger partial charge in [0.25, 0.3) is 0 Å². The molecule has 0 saturated heterocycles. The van der Waals surface area contributed by atoms with E-state index in [9.17, 15) is 19.0 Å². The van der Waals surface area contributed by atoms with Crippen LogP contribution in [0, 0.1) is 0 Å². The van der Waals surface area contributed by atoms with Crippen LogP contribution in [-0.2, 0) is 32.7 Å². The van der Waals surface area contributed by atoms with Gasteiger partial charge in [-0.1, -0.05) is 288 Å². The molecule has 2 unspecified atom stereocenters. The lowest BCUT2D eigenvalue weighted by Gasteiger charge is -2.19. The first kappa shape index (κ1) is 70.2. The number of carbonyl (C=O) groups is 2. The summed E-state index contributed by atoms with van der Waals surface area (Å²) in [7, 11) is -4.39. The van der Waals surface area contributed by atoms with Crippen LogP contribution >= 0.6 is 7.82 Å². The minimum Gasteiger partial charge on any atom is -0.462 e. The number of hydrogen-bond donors (Lipinski definition) is 2. The Morgan fingerprint density at radius 1 is 0.417 bits per heavy atom. The van der Waals surface area contributed by atoms with Gasteiger partial charge >= 0.3 is 19.8 Å². The van der Waals surface area contributed by atoms with Gasteiger partial charge < -0.3 is 20.1 Å². The van der Waals surface area contributed by atoms with Crippen LogP contribution in [0.1, 0.15) is 316 Å². The monoisotopic (exact) mass is 1040 g/mol. The Bertz CT molecular complexity index is 1270. The first-order valence-electron chi connectivity index (χ1n) is 31.0. The van der Waals surface area contributed by atoms with E-state index >= 15 is 0 Å². The predicted octanol–water partition coefficient (Wildman–Crippen LogP) is 19.6. The second-order valence-electron chi connectivity index (χ2n) is 20.9. The molecule has 0 aromatic heterocycles. The topological polar surface area (TPSA) is 134 Å². The molecule has 3 N–H and O–H groups in total. The highest BCUT2D eigenvalue weighted by Crippen LogP contribution is 2.43. The summed E-state index contributed by atoms with van der Waals surface area (Å²) in [6.45, 7) is 3.78. The molecule has 0 spiro atoms. The number of rotatable bonds is 59. The number of nitrogens with two attached hydrogens (primary N) is 1. The molecule has 0 heterocycles. The Morgan fingerprint density at radius 3 is 1.07 bits per heavy atom. The van der Waals surface area contributed by atoms with Crippen LogP contribution in [0.5, 0.6) is 0 Å². The van der Waals surface area contributed by atoms with Gasteiger partial charge in [0.1, 0.15) is 6.61 Å². The van der Waals surface area contributed by atoms with Gasteiger partial charge in [-0.05, 0) is 51.4 Å². The van der Waals surface area contributed by atoms with Crippen molar-refractivity contribution in [3.05, 3.63) is 36.5 Å². The highest BCUT2D eigenvalue weighted by atomic mass is 31.2. The smallest absolute Gasteiger partial charge is 0.462 e. The van der Waals surface area contributed by atoms with Crippen molar-refractivity contribution in [2.75, 3.05) is 26.4 Å². The van der Waals surface area contributed by atoms with Crippen LogP contribution in [0.25, 0.3) is 0 Å². The normalized spacial score (nSPS) is 13.2. The van der Waals surface area contributed by atoms with E-state index in [0.29, 0.717) is 6.42 Å². The van der Waals surface area contributed by atoms with Crippen molar-refractivity contribution in [3.63, 3.8) is 0 Å². The second kappa shape index (κ2) is 58.5. The number of carbonyl (C=O) groups excluding carboxylic acids is 2. The van der Waals surface area contributed by atoms with E-state index in [2.05, 4.69) is 50.3 Å². The van der Waals surface area contributed by atoms with Crippen molar-refractivity contribution >= 4 is 19.8 Å². The molecule has 0 aliphatic heterocycles. The molecule has 0 aliphatic carbocycles. The first-order valence-corrected chi connectivity index (χ1v) is 32.5. The highest BCUT2D eigenvalue weighted by molar-refractivity contribution is 7.47. The van der Waals surface area contributed by atoms with Crippen LogP contribution < -0.4 is 5.73 Å². The number of allylic oxidation sites excluding steroid dienone is 6. The minimum absolute atomic E-state index is 0.0531. The number of unbranched alkanes of at least 4 members (excludes halogenated alkanes) is 40. The van der Waals surface area contributed by atoms with Gasteiger partial charge in [-0.3, -0.25) is 18.6 Å². The summed E-state index contributed by atoms with van der Waals surface area (Å²) in [6.07, 6.45) is 70.7. The van der Waals surface area contributed by atoms with Gasteiger partial charge in [-0.25, -0.2) is 4.57 Å². The Morgan fingerprint density at radius 2 is 0.722 bits per heavy atom. The van der Waals surface area contributed by atoms with E-state index in [1.54, 1.807) is 0 Å². The summed E-state index contributed by atoms with van der Waals surface area (Å²) in [5, 5.41) is 0. The number of esters is 2. The quantitative estimate of drug-likeness (QED) is 0.0264. The van der Waals surface area contributed by atoms with E-state index in [-0.39, 0.29) is 38.6 Å². The third-order valence-corrected chi connectivity index (χ3v) is 14.8. The zero-order valence-electron chi connectivity index (χ0n) is 47.4. The molecule has 0 radical (unpaired) electrons. The number of phosphoric ester groups is 1. The fourth-order valence-electron chi connectivity index (χ4n) is 9.18. The van der Waals surface area contributed by atoms with Gasteiger partial charge in [-0.15, -0.1) is 0 Å². The van der Waals surface area contributed by atoms with Crippen LogP contribution in [0.15, 0.2) is 36.5 Å². The molecule has 0 fully saturated rings. The molecule has 0 amide bonds. The van der Waals surface area contributed by atoms with Crippen LogP contribution in [0.4, 0.5) is 0 Å². The summed E-state index contributed by atoms with van der Waals surface area (Å²) in [4.78, 5) is 35.2. The van der Waals surface area contributed by atoms with E-state index in [0.717, 1.165) is 57.8 Å². The first-order chi connectivity index (χ1) is 35.3. The molecule has 10 heteroatoms. The van der Waals surface area contributed by atoms with Gasteiger partial charge in [0, 0.05) is 19.4 Å². The molecule has 0 saturated carbocycles. The summed E-state index contributed by atoms with van der Waals surface area (Å²) in [5.41, 5.74) is 5.39. The summed E-state index contributed by atoms with van der Waals surface area (Å²) in [5.74, 6) is -0.820. The van der Waals surface area contributed by atoms with Crippen molar-refractivity contribution in [2.45, 2.75) is 322 Å². The van der Waals surface area contributed by atoms with E-state index in [1.807, 2.05) is 0 Å². The van der Waals surface area contributed by atoms with Crippen molar-refractivity contribution < 1.29 is 37.6 Å². The van der Waals surface area contributed by atoms with Crippen molar-refractivity contribution in [1.82, 2.24) is 0 Å². The van der Waals surface area contributed by atoms with Gasteiger partial charge in [0.05, 0.1) is 13.2 Å².